The lowest BCUT2D eigenvalue weighted by atomic mass is 10.0. The van der Waals surface area contributed by atoms with Crippen LogP contribution in [0.1, 0.15) is 36.0 Å². The van der Waals surface area contributed by atoms with E-state index in [1.807, 2.05) is 18.2 Å². The standard InChI is InChI=1S/C22H27FN2O2/c23-20-6-3-5-19(15-20)17-8-10-18(11-9-17)22(27)24-12-4-14-25-13-2-1-7-21(25)16-26/h3,5-6,8-11,15,21,26H,1-2,4,7,12-14,16H2,(H,24,27)/t21-/m1/s1. The number of benzene rings is 2. The summed E-state index contributed by atoms with van der Waals surface area (Å²) in [5.74, 6) is -0.371. The number of nitrogens with zero attached hydrogens (tertiary/aromatic N) is 1. The van der Waals surface area contributed by atoms with Crippen molar-refractivity contribution >= 4 is 5.91 Å². The normalized spacial score (nSPS) is 17.6. The van der Waals surface area contributed by atoms with E-state index in [9.17, 15) is 14.3 Å². The summed E-state index contributed by atoms with van der Waals surface area (Å²) in [4.78, 5) is 14.6. The van der Waals surface area contributed by atoms with Gasteiger partial charge in [0.25, 0.3) is 5.91 Å². The summed E-state index contributed by atoms with van der Waals surface area (Å²) < 4.78 is 13.3. The molecule has 0 unspecified atom stereocenters. The van der Waals surface area contributed by atoms with Crippen LogP contribution in [0.5, 0.6) is 0 Å². The highest BCUT2D eigenvalue weighted by molar-refractivity contribution is 5.94. The van der Waals surface area contributed by atoms with Gasteiger partial charge in [-0.2, -0.15) is 0 Å². The molecule has 0 radical (unpaired) electrons. The van der Waals surface area contributed by atoms with E-state index < -0.39 is 0 Å². The highest BCUT2D eigenvalue weighted by Gasteiger charge is 2.20. The molecule has 0 aliphatic carbocycles. The van der Waals surface area contributed by atoms with Gasteiger partial charge in [0.2, 0.25) is 0 Å². The first-order valence-corrected chi connectivity index (χ1v) is 9.66. The quantitative estimate of drug-likeness (QED) is 0.734. The number of aliphatic hydroxyl groups is 1. The van der Waals surface area contributed by atoms with Crippen molar-refractivity contribution in [3.8, 4) is 11.1 Å². The first-order valence-electron chi connectivity index (χ1n) is 9.66. The lowest BCUT2D eigenvalue weighted by Crippen LogP contribution is -2.43. The van der Waals surface area contributed by atoms with E-state index in [4.69, 9.17) is 0 Å². The molecule has 5 heteroatoms. The number of carbonyl (C=O) groups excluding carboxylic acids is 1. The summed E-state index contributed by atoms with van der Waals surface area (Å²) in [5.41, 5.74) is 2.27. The lowest BCUT2D eigenvalue weighted by Gasteiger charge is -2.34. The topological polar surface area (TPSA) is 52.6 Å². The van der Waals surface area contributed by atoms with Crippen molar-refractivity contribution in [2.45, 2.75) is 31.7 Å². The highest BCUT2D eigenvalue weighted by Crippen LogP contribution is 2.20. The summed E-state index contributed by atoms with van der Waals surface area (Å²) in [5, 5.41) is 12.4. The Hall–Kier alpha value is -2.24. The van der Waals surface area contributed by atoms with E-state index in [1.54, 1.807) is 18.2 Å². The minimum Gasteiger partial charge on any atom is -0.395 e. The molecule has 3 rings (SSSR count). The Balaban J connectivity index is 1.47. The predicted octanol–water partition coefficient (Wildman–Crippen LogP) is 3.46. The third-order valence-corrected chi connectivity index (χ3v) is 5.17. The molecular weight excluding hydrogens is 343 g/mol. The highest BCUT2D eigenvalue weighted by atomic mass is 19.1. The van der Waals surface area contributed by atoms with Crippen LogP contribution >= 0.6 is 0 Å². The Morgan fingerprint density at radius 1 is 1.15 bits per heavy atom. The van der Waals surface area contributed by atoms with E-state index in [0.717, 1.165) is 37.1 Å². The summed E-state index contributed by atoms with van der Waals surface area (Å²) in [6.07, 6.45) is 4.29. The van der Waals surface area contributed by atoms with Gasteiger partial charge in [0.05, 0.1) is 6.61 Å². The maximum Gasteiger partial charge on any atom is 0.251 e. The van der Waals surface area contributed by atoms with Crippen LogP contribution in [0.4, 0.5) is 4.39 Å². The van der Waals surface area contributed by atoms with Gasteiger partial charge in [-0.1, -0.05) is 30.7 Å². The van der Waals surface area contributed by atoms with Crippen LogP contribution in [0.2, 0.25) is 0 Å². The molecule has 1 amide bonds. The molecule has 0 spiro atoms. The predicted molar refractivity (Wildman–Crippen MR) is 105 cm³/mol. The maximum absolute atomic E-state index is 13.3. The molecule has 27 heavy (non-hydrogen) atoms. The van der Waals surface area contributed by atoms with Gasteiger partial charge >= 0.3 is 0 Å². The second-order valence-electron chi connectivity index (χ2n) is 7.07. The number of rotatable bonds is 7. The Morgan fingerprint density at radius 3 is 2.70 bits per heavy atom. The molecule has 4 nitrogen and oxygen atoms in total. The molecule has 1 heterocycles. The van der Waals surface area contributed by atoms with Gasteiger partial charge in [-0.15, -0.1) is 0 Å². The van der Waals surface area contributed by atoms with Crippen LogP contribution in [0.15, 0.2) is 48.5 Å². The molecule has 0 bridgehead atoms. The Bertz CT molecular complexity index is 748. The molecule has 2 N–H and O–H groups in total. The van der Waals surface area contributed by atoms with E-state index in [0.29, 0.717) is 12.1 Å². The second kappa shape index (κ2) is 9.62. The molecule has 1 saturated heterocycles. The summed E-state index contributed by atoms with van der Waals surface area (Å²) in [6.45, 7) is 2.74. The first kappa shape index (κ1) is 19.5. The van der Waals surface area contributed by atoms with Gasteiger partial charge in [0, 0.05) is 24.7 Å². The third kappa shape index (κ3) is 5.37. The fourth-order valence-corrected chi connectivity index (χ4v) is 3.63. The summed E-state index contributed by atoms with van der Waals surface area (Å²) in [6, 6.07) is 13.9. The van der Waals surface area contributed by atoms with Gasteiger partial charge < -0.3 is 10.4 Å². The molecule has 1 aliphatic rings. The fraction of sp³-hybridized carbons (Fsp3) is 0.409. The number of piperidine rings is 1. The zero-order chi connectivity index (χ0) is 19.1. The van der Waals surface area contributed by atoms with Crippen molar-refractivity contribution in [3.05, 3.63) is 59.9 Å². The second-order valence-corrected chi connectivity index (χ2v) is 7.07. The van der Waals surface area contributed by atoms with Crippen molar-refractivity contribution in [1.29, 1.82) is 0 Å². The van der Waals surface area contributed by atoms with Gasteiger partial charge in [0.1, 0.15) is 5.82 Å². The average Bonchev–Trinajstić information content (AvgIpc) is 2.71. The number of amides is 1. The van der Waals surface area contributed by atoms with Crippen molar-refractivity contribution in [3.63, 3.8) is 0 Å². The molecule has 2 aromatic carbocycles. The molecule has 1 fully saturated rings. The molecular formula is C22H27FN2O2. The van der Waals surface area contributed by atoms with Crippen LogP contribution in [0, 0.1) is 5.82 Å². The monoisotopic (exact) mass is 370 g/mol. The Morgan fingerprint density at radius 2 is 1.96 bits per heavy atom. The number of hydrogen-bond donors (Lipinski definition) is 2. The van der Waals surface area contributed by atoms with Crippen LogP contribution in [0.3, 0.4) is 0 Å². The van der Waals surface area contributed by atoms with Crippen LogP contribution < -0.4 is 5.32 Å². The zero-order valence-electron chi connectivity index (χ0n) is 15.5. The van der Waals surface area contributed by atoms with E-state index >= 15 is 0 Å². The smallest absolute Gasteiger partial charge is 0.251 e. The molecule has 0 aromatic heterocycles. The van der Waals surface area contributed by atoms with E-state index in [2.05, 4.69) is 10.2 Å². The molecule has 1 aliphatic heterocycles. The minimum atomic E-state index is -0.272. The van der Waals surface area contributed by atoms with Gasteiger partial charge in [-0.05, 0) is 61.2 Å². The van der Waals surface area contributed by atoms with Crippen molar-refractivity contribution < 1.29 is 14.3 Å². The number of halogens is 1. The van der Waals surface area contributed by atoms with Crippen LogP contribution in [0.25, 0.3) is 11.1 Å². The largest absolute Gasteiger partial charge is 0.395 e. The fourth-order valence-electron chi connectivity index (χ4n) is 3.63. The number of hydrogen-bond acceptors (Lipinski definition) is 3. The van der Waals surface area contributed by atoms with Crippen LogP contribution in [-0.4, -0.2) is 48.2 Å². The van der Waals surface area contributed by atoms with Gasteiger partial charge in [0.15, 0.2) is 0 Å². The molecule has 2 aromatic rings. The number of carbonyl (C=O) groups is 1. The van der Waals surface area contributed by atoms with Crippen molar-refractivity contribution in [2.75, 3.05) is 26.2 Å². The zero-order valence-corrected chi connectivity index (χ0v) is 15.5. The van der Waals surface area contributed by atoms with E-state index in [-0.39, 0.29) is 24.4 Å². The Labute approximate surface area is 160 Å². The first-order chi connectivity index (χ1) is 13.2. The van der Waals surface area contributed by atoms with Gasteiger partial charge in [-0.25, -0.2) is 4.39 Å². The van der Waals surface area contributed by atoms with E-state index in [1.165, 1.54) is 25.0 Å². The van der Waals surface area contributed by atoms with Crippen molar-refractivity contribution in [1.82, 2.24) is 10.2 Å². The lowest BCUT2D eigenvalue weighted by molar-refractivity contribution is 0.0868. The number of aliphatic hydroxyl groups excluding tert-OH is 1. The average molecular weight is 370 g/mol. The minimum absolute atomic E-state index is 0.0989. The number of nitrogens with one attached hydrogen (secondary N) is 1. The molecule has 144 valence electrons. The Kier molecular flexibility index (Phi) is 6.96. The summed E-state index contributed by atoms with van der Waals surface area (Å²) in [7, 11) is 0. The summed E-state index contributed by atoms with van der Waals surface area (Å²) >= 11 is 0. The maximum atomic E-state index is 13.3. The van der Waals surface area contributed by atoms with Crippen LogP contribution in [-0.2, 0) is 0 Å². The van der Waals surface area contributed by atoms with Gasteiger partial charge in [-0.3, -0.25) is 9.69 Å². The molecule has 1 atom stereocenters. The third-order valence-electron chi connectivity index (χ3n) is 5.17. The molecule has 0 saturated carbocycles. The van der Waals surface area contributed by atoms with Crippen molar-refractivity contribution in [2.24, 2.45) is 0 Å². The number of likely N-dealkylation sites (tertiary alicyclic amines) is 1. The SMILES string of the molecule is O=C(NCCCN1CCCC[C@@H]1CO)c1ccc(-c2cccc(F)c2)cc1.